The molecule has 0 aliphatic rings. The zero-order chi connectivity index (χ0) is 13.8. The van der Waals surface area contributed by atoms with Gasteiger partial charge in [-0.25, -0.2) is 4.79 Å². The Morgan fingerprint density at radius 1 is 1.24 bits per heavy atom. The average Bonchev–Trinajstić information content (AvgIpc) is 2.13. The molecule has 0 aliphatic carbocycles. The van der Waals surface area contributed by atoms with Crippen molar-refractivity contribution in [1.82, 2.24) is 0 Å². The van der Waals surface area contributed by atoms with Crippen LogP contribution in [0, 0.1) is 0 Å². The van der Waals surface area contributed by atoms with Gasteiger partial charge in [-0.3, -0.25) is 4.79 Å². The second-order valence-corrected chi connectivity index (χ2v) is 3.12. The van der Waals surface area contributed by atoms with Crippen LogP contribution in [0.5, 0.6) is 0 Å². The Balaban J connectivity index is 5.85. The summed E-state index contributed by atoms with van der Waals surface area (Å²) in [6, 6.07) is 0. The Bertz CT molecular complexity index is 387. The number of ketones is 1. The number of allylic oxidation sites excluding steroid dienone is 2. The molecule has 0 amide bonds. The molecule has 4 nitrogen and oxygen atoms in total. The summed E-state index contributed by atoms with van der Waals surface area (Å²) < 4.78 is 42.0. The van der Waals surface area contributed by atoms with Crippen LogP contribution in [0.15, 0.2) is 23.0 Å². The Morgan fingerprint density at radius 3 is 1.94 bits per heavy atom. The summed E-state index contributed by atoms with van der Waals surface area (Å²) in [6.07, 6.45) is -4.72. The van der Waals surface area contributed by atoms with Gasteiger partial charge in [-0.1, -0.05) is 0 Å². The predicted molar refractivity (Wildman–Crippen MR) is 52.2 cm³/mol. The molecule has 0 saturated carbocycles. The first-order chi connectivity index (χ1) is 7.61. The summed E-state index contributed by atoms with van der Waals surface area (Å²) in [5.74, 6) is -3.14. The van der Waals surface area contributed by atoms with Crippen LogP contribution in [0.2, 0.25) is 0 Å². The Labute approximate surface area is 95.4 Å². The van der Waals surface area contributed by atoms with E-state index in [1.165, 1.54) is 0 Å². The minimum Gasteiger partial charge on any atom is -0.512 e. The van der Waals surface area contributed by atoms with Gasteiger partial charge in [0.1, 0.15) is 11.3 Å². The molecule has 0 aromatic carbocycles. The van der Waals surface area contributed by atoms with E-state index in [1.807, 2.05) is 0 Å². The smallest absolute Gasteiger partial charge is 0.417 e. The molecule has 17 heavy (non-hydrogen) atoms. The summed E-state index contributed by atoms with van der Waals surface area (Å²) >= 11 is 0. The predicted octanol–water partition coefficient (Wildman–Crippen LogP) is 2.07. The van der Waals surface area contributed by atoms with Crippen molar-refractivity contribution < 1.29 is 32.6 Å². The molecular weight excluding hydrogens is 241 g/mol. The van der Waals surface area contributed by atoms with E-state index in [9.17, 15) is 22.8 Å². The van der Waals surface area contributed by atoms with Gasteiger partial charge in [0.2, 0.25) is 0 Å². The summed E-state index contributed by atoms with van der Waals surface area (Å²) in [5.41, 5.74) is -2.60. The molecule has 0 bridgehead atoms. The number of esters is 1. The highest BCUT2D eigenvalue weighted by atomic mass is 19.4. The lowest BCUT2D eigenvalue weighted by Crippen LogP contribution is -2.21. The lowest BCUT2D eigenvalue weighted by molar-refractivity contribution is -0.138. The first-order valence-electron chi connectivity index (χ1n) is 4.39. The standard InChI is InChI=1S/C10H11F3O4/c1-5(14)4-7(10(11,12)13)8(6(2)15)9(16)17-3/h4,15H,1-3H3/b7-4-,8-6-. The maximum Gasteiger partial charge on any atom is 0.417 e. The normalized spacial score (nSPS) is 14.1. The highest BCUT2D eigenvalue weighted by Crippen LogP contribution is 2.33. The fourth-order valence-electron chi connectivity index (χ4n) is 1.05. The van der Waals surface area contributed by atoms with Gasteiger partial charge in [-0.15, -0.1) is 0 Å². The molecule has 1 N–H and O–H groups in total. The highest BCUT2D eigenvalue weighted by molar-refractivity contribution is 5.98. The van der Waals surface area contributed by atoms with E-state index in [2.05, 4.69) is 4.74 Å². The number of hydrogen-bond donors (Lipinski definition) is 1. The topological polar surface area (TPSA) is 63.6 Å². The quantitative estimate of drug-likeness (QED) is 0.361. The molecule has 0 aliphatic heterocycles. The monoisotopic (exact) mass is 252 g/mol. The van der Waals surface area contributed by atoms with Crippen LogP contribution < -0.4 is 0 Å². The summed E-state index contributed by atoms with van der Waals surface area (Å²) in [7, 11) is 0.868. The van der Waals surface area contributed by atoms with Crippen molar-refractivity contribution in [2.75, 3.05) is 7.11 Å². The first-order valence-corrected chi connectivity index (χ1v) is 4.39. The van der Waals surface area contributed by atoms with E-state index in [0.717, 1.165) is 21.0 Å². The van der Waals surface area contributed by atoms with Crippen LogP contribution in [0.4, 0.5) is 13.2 Å². The fourth-order valence-corrected chi connectivity index (χ4v) is 1.05. The average molecular weight is 252 g/mol. The summed E-state index contributed by atoms with van der Waals surface area (Å²) in [6.45, 7) is 1.79. The highest BCUT2D eigenvalue weighted by Gasteiger charge is 2.40. The number of aliphatic hydroxyl groups is 1. The van der Waals surface area contributed by atoms with Crippen molar-refractivity contribution >= 4 is 11.8 Å². The third-order valence-corrected chi connectivity index (χ3v) is 1.67. The number of carbonyl (C=O) groups is 2. The number of methoxy groups -OCH3 is 1. The maximum atomic E-state index is 12.6. The lowest BCUT2D eigenvalue weighted by atomic mass is 10.0. The van der Waals surface area contributed by atoms with Crippen LogP contribution in [-0.4, -0.2) is 30.1 Å². The van der Waals surface area contributed by atoms with Crippen molar-refractivity contribution in [2.45, 2.75) is 20.0 Å². The molecule has 0 aromatic rings. The van der Waals surface area contributed by atoms with E-state index in [1.54, 1.807) is 0 Å². The van der Waals surface area contributed by atoms with Crippen molar-refractivity contribution in [2.24, 2.45) is 0 Å². The molecule has 7 heteroatoms. The van der Waals surface area contributed by atoms with Crippen LogP contribution in [0.25, 0.3) is 0 Å². The number of alkyl halides is 3. The van der Waals surface area contributed by atoms with Crippen molar-refractivity contribution in [3.63, 3.8) is 0 Å². The number of hydrogen-bond acceptors (Lipinski definition) is 4. The van der Waals surface area contributed by atoms with Gasteiger partial charge in [0, 0.05) is 0 Å². The molecule has 0 atom stereocenters. The molecule has 0 unspecified atom stereocenters. The van der Waals surface area contributed by atoms with Gasteiger partial charge < -0.3 is 9.84 Å². The van der Waals surface area contributed by atoms with Crippen molar-refractivity contribution in [1.29, 1.82) is 0 Å². The molecule has 0 radical (unpaired) electrons. The second kappa shape index (κ2) is 5.51. The number of carbonyl (C=O) groups excluding carboxylic acids is 2. The summed E-state index contributed by atoms with van der Waals surface area (Å²) in [5, 5.41) is 9.09. The Kier molecular flexibility index (Phi) is 4.93. The molecule has 0 saturated heterocycles. The fraction of sp³-hybridized carbons (Fsp3) is 0.400. The Hall–Kier alpha value is -1.79. The molecule has 0 rings (SSSR count). The van der Waals surface area contributed by atoms with E-state index >= 15 is 0 Å². The zero-order valence-electron chi connectivity index (χ0n) is 9.38. The molecule has 0 aromatic heterocycles. The number of ether oxygens (including phenoxy) is 1. The number of aliphatic hydroxyl groups excluding tert-OH is 1. The molecule has 0 heterocycles. The van der Waals surface area contributed by atoms with Gasteiger partial charge in [0.15, 0.2) is 5.78 Å². The van der Waals surface area contributed by atoms with Gasteiger partial charge in [-0.05, 0) is 19.9 Å². The van der Waals surface area contributed by atoms with E-state index in [-0.39, 0.29) is 6.08 Å². The lowest BCUT2D eigenvalue weighted by Gasteiger charge is -2.14. The SMILES string of the molecule is COC(=O)C(/C(=C/C(C)=O)C(F)(F)F)=C(/C)O. The van der Waals surface area contributed by atoms with Crippen molar-refractivity contribution in [3.05, 3.63) is 23.0 Å². The second-order valence-electron chi connectivity index (χ2n) is 3.12. The maximum absolute atomic E-state index is 12.6. The van der Waals surface area contributed by atoms with Crippen LogP contribution in [0.3, 0.4) is 0 Å². The van der Waals surface area contributed by atoms with E-state index in [0.29, 0.717) is 0 Å². The third kappa shape index (κ3) is 4.29. The molecule has 96 valence electrons. The van der Waals surface area contributed by atoms with Crippen LogP contribution in [-0.2, 0) is 14.3 Å². The van der Waals surface area contributed by atoms with Gasteiger partial charge in [-0.2, -0.15) is 13.2 Å². The Morgan fingerprint density at radius 2 is 1.71 bits per heavy atom. The van der Waals surface area contributed by atoms with Crippen LogP contribution in [0.1, 0.15) is 13.8 Å². The largest absolute Gasteiger partial charge is 0.512 e. The number of halogens is 3. The van der Waals surface area contributed by atoms with E-state index < -0.39 is 34.8 Å². The van der Waals surface area contributed by atoms with Gasteiger partial charge in [0.25, 0.3) is 0 Å². The van der Waals surface area contributed by atoms with Crippen LogP contribution >= 0.6 is 0 Å². The molecule has 0 fully saturated rings. The minimum absolute atomic E-state index is 0.228. The summed E-state index contributed by atoms with van der Waals surface area (Å²) in [4.78, 5) is 21.8. The van der Waals surface area contributed by atoms with E-state index in [4.69, 9.17) is 5.11 Å². The first kappa shape index (κ1) is 15.2. The zero-order valence-corrected chi connectivity index (χ0v) is 9.38. The minimum atomic E-state index is -4.95. The molecular formula is C10H11F3O4. The van der Waals surface area contributed by atoms with Gasteiger partial charge >= 0.3 is 12.1 Å². The van der Waals surface area contributed by atoms with Gasteiger partial charge in [0.05, 0.1) is 12.7 Å². The van der Waals surface area contributed by atoms with Crippen molar-refractivity contribution in [3.8, 4) is 0 Å². The molecule has 0 spiro atoms. The number of rotatable bonds is 3. The third-order valence-electron chi connectivity index (χ3n) is 1.67.